The normalized spacial score (nSPS) is 11.1. The molecule has 0 radical (unpaired) electrons. The van der Waals surface area contributed by atoms with Crippen LogP contribution in [0.25, 0.3) is 5.78 Å². The number of fused-ring (bicyclic) bond motifs is 1. The Kier molecular flexibility index (Phi) is 3.75. The fourth-order valence-corrected chi connectivity index (χ4v) is 2.27. The second kappa shape index (κ2) is 5.71. The fourth-order valence-electron chi connectivity index (χ4n) is 2.27. The van der Waals surface area contributed by atoms with E-state index in [1.807, 2.05) is 19.1 Å². The van der Waals surface area contributed by atoms with Crippen molar-refractivity contribution in [3.8, 4) is 0 Å². The predicted molar refractivity (Wildman–Crippen MR) is 83.9 cm³/mol. The standard InChI is InChI=1S/C16H18FN5/c1-4-5-14-20-16-18-11(3)8-15(22(16)21-14)19-12-7-6-10(2)13(17)9-12/h6-9,19H,4-5H2,1-3H3. The number of nitrogens with one attached hydrogen (secondary N) is 1. The zero-order valence-electron chi connectivity index (χ0n) is 12.9. The van der Waals surface area contributed by atoms with Crippen molar-refractivity contribution < 1.29 is 4.39 Å². The van der Waals surface area contributed by atoms with E-state index in [4.69, 9.17) is 0 Å². The molecule has 0 bridgehead atoms. The molecule has 1 aromatic carbocycles. The SMILES string of the molecule is CCCc1nc2nc(C)cc(Nc3ccc(C)c(F)c3)n2n1. The molecule has 6 heteroatoms. The van der Waals surface area contributed by atoms with Crippen molar-refractivity contribution in [2.75, 3.05) is 5.32 Å². The van der Waals surface area contributed by atoms with Crippen LogP contribution in [0.1, 0.15) is 30.4 Å². The van der Waals surface area contributed by atoms with Crippen LogP contribution in [0.4, 0.5) is 15.9 Å². The van der Waals surface area contributed by atoms with Crippen LogP contribution in [0, 0.1) is 19.7 Å². The number of halogens is 1. The minimum Gasteiger partial charge on any atom is -0.340 e. The second-order valence-corrected chi connectivity index (χ2v) is 5.36. The first-order chi connectivity index (χ1) is 10.6. The van der Waals surface area contributed by atoms with Gasteiger partial charge in [0.1, 0.15) is 11.6 Å². The van der Waals surface area contributed by atoms with Crippen LogP contribution in [-0.2, 0) is 6.42 Å². The van der Waals surface area contributed by atoms with Crippen LogP contribution in [0.15, 0.2) is 24.3 Å². The minimum absolute atomic E-state index is 0.239. The summed E-state index contributed by atoms with van der Waals surface area (Å²) >= 11 is 0. The summed E-state index contributed by atoms with van der Waals surface area (Å²) in [5.41, 5.74) is 2.12. The van der Waals surface area contributed by atoms with Gasteiger partial charge in [-0.1, -0.05) is 13.0 Å². The summed E-state index contributed by atoms with van der Waals surface area (Å²) in [6.07, 6.45) is 1.78. The van der Waals surface area contributed by atoms with Crippen molar-refractivity contribution >= 4 is 17.3 Å². The smallest absolute Gasteiger partial charge is 0.254 e. The van der Waals surface area contributed by atoms with Gasteiger partial charge in [0, 0.05) is 23.9 Å². The third-order valence-corrected chi connectivity index (χ3v) is 3.40. The summed E-state index contributed by atoms with van der Waals surface area (Å²) < 4.78 is 15.4. The van der Waals surface area contributed by atoms with E-state index in [0.717, 1.165) is 30.2 Å². The molecule has 0 aliphatic heterocycles. The van der Waals surface area contributed by atoms with Gasteiger partial charge < -0.3 is 5.32 Å². The van der Waals surface area contributed by atoms with Crippen molar-refractivity contribution in [2.24, 2.45) is 0 Å². The van der Waals surface area contributed by atoms with Crippen LogP contribution < -0.4 is 5.32 Å². The van der Waals surface area contributed by atoms with Crippen molar-refractivity contribution in [3.63, 3.8) is 0 Å². The molecule has 0 amide bonds. The minimum atomic E-state index is -0.239. The molecule has 3 rings (SSSR count). The third-order valence-electron chi connectivity index (χ3n) is 3.40. The monoisotopic (exact) mass is 299 g/mol. The Morgan fingerprint density at radius 1 is 1.18 bits per heavy atom. The lowest BCUT2D eigenvalue weighted by Gasteiger charge is -2.09. The van der Waals surface area contributed by atoms with Gasteiger partial charge in [0.15, 0.2) is 5.82 Å². The average molecular weight is 299 g/mol. The highest BCUT2D eigenvalue weighted by atomic mass is 19.1. The lowest BCUT2D eigenvalue weighted by molar-refractivity contribution is 0.619. The summed E-state index contributed by atoms with van der Waals surface area (Å²) in [7, 11) is 0. The Bertz CT molecular complexity index is 825. The van der Waals surface area contributed by atoms with E-state index in [1.54, 1.807) is 17.5 Å². The number of anilines is 2. The molecule has 2 aromatic heterocycles. The van der Waals surface area contributed by atoms with E-state index in [9.17, 15) is 4.39 Å². The zero-order valence-corrected chi connectivity index (χ0v) is 12.9. The topological polar surface area (TPSA) is 55.1 Å². The van der Waals surface area contributed by atoms with Gasteiger partial charge in [0.2, 0.25) is 0 Å². The van der Waals surface area contributed by atoms with Crippen molar-refractivity contribution in [3.05, 3.63) is 47.2 Å². The lowest BCUT2D eigenvalue weighted by Crippen LogP contribution is -2.03. The van der Waals surface area contributed by atoms with Crippen LogP contribution in [0.3, 0.4) is 0 Å². The molecule has 22 heavy (non-hydrogen) atoms. The van der Waals surface area contributed by atoms with Gasteiger partial charge in [-0.25, -0.2) is 9.37 Å². The molecule has 114 valence electrons. The number of aryl methyl sites for hydroxylation is 3. The summed E-state index contributed by atoms with van der Waals surface area (Å²) in [4.78, 5) is 8.81. The van der Waals surface area contributed by atoms with Gasteiger partial charge in [-0.15, -0.1) is 5.10 Å². The van der Waals surface area contributed by atoms with Crippen molar-refractivity contribution in [1.82, 2.24) is 19.6 Å². The number of rotatable bonds is 4. The molecule has 0 unspecified atom stereocenters. The first-order valence-electron chi connectivity index (χ1n) is 7.33. The molecule has 3 aromatic rings. The molecule has 0 saturated carbocycles. The summed E-state index contributed by atoms with van der Waals surface area (Å²) in [5, 5.41) is 7.66. The number of benzene rings is 1. The Balaban J connectivity index is 2.03. The van der Waals surface area contributed by atoms with Crippen LogP contribution >= 0.6 is 0 Å². The third kappa shape index (κ3) is 2.77. The van der Waals surface area contributed by atoms with Gasteiger partial charge in [-0.3, -0.25) is 0 Å². The van der Waals surface area contributed by atoms with Crippen LogP contribution in [-0.4, -0.2) is 19.6 Å². The number of hydrogen-bond donors (Lipinski definition) is 1. The maximum Gasteiger partial charge on any atom is 0.254 e. The molecular weight excluding hydrogens is 281 g/mol. The highest BCUT2D eigenvalue weighted by Gasteiger charge is 2.10. The van der Waals surface area contributed by atoms with Gasteiger partial charge in [0.25, 0.3) is 5.78 Å². The average Bonchev–Trinajstić information content (AvgIpc) is 2.86. The van der Waals surface area contributed by atoms with E-state index in [2.05, 4.69) is 27.3 Å². The fraction of sp³-hybridized carbons (Fsp3) is 0.312. The van der Waals surface area contributed by atoms with E-state index in [0.29, 0.717) is 17.0 Å². The van der Waals surface area contributed by atoms with E-state index in [1.165, 1.54) is 6.07 Å². The maximum atomic E-state index is 13.7. The Hall–Kier alpha value is -2.50. The molecule has 0 aliphatic rings. The lowest BCUT2D eigenvalue weighted by atomic mass is 10.2. The molecule has 1 N–H and O–H groups in total. The van der Waals surface area contributed by atoms with Crippen LogP contribution in [0.5, 0.6) is 0 Å². The van der Waals surface area contributed by atoms with Crippen molar-refractivity contribution in [1.29, 1.82) is 0 Å². The molecule has 5 nitrogen and oxygen atoms in total. The molecular formula is C16H18FN5. The molecule has 0 fully saturated rings. The van der Waals surface area contributed by atoms with E-state index < -0.39 is 0 Å². The van der Waals surface area contributed by atoms with Gasteiger partial charge in [-0.2, -0.15) is 9.50 Å². The van der Waals surface area contributed by atoms with Gasteiger partial charge in [0.05, 0.1) is 0 Å². The largest absolute Gasteiger partial charge is 0.340 e. The highest BCUT2D eigenvalue weighted by Crippen LogP contribution is 2.20. The maximum absolute atomic E-state index is 13.7. The molecule has 0 spiro atoms. The summed E-state index contributed by atoms with van der Waals surface area (Å²) in [6, 6.07) is 6.92. The number of hydrogen-bond acceptors (Lipinski definition) is 4. The number of nitrogens with zero attached hydrogens (tertiary/aromatic N) is 4. The van der Waals surface area contributed by atoms with E-state index in [-0.39, 0.29) is 5.82 Å². The number of aromatic nitrogens is 4. The first-order valence-corrected chi connectivity index (χ1v) is 7.33. The van der Waals surface area contributed by atoms with Crippen molar-refractivity contribution in [2.45, 2.75) is 33.6 Å². The Morgan fingerprint density at radius 3 is 2.73 bits per heavy atom. The quantitative estimate of drug-likeness (QED) is 0.800. The first kappa shape index (κ1) is 14.4. The van der Waals surface area contributed by atoms with E-state index >= 15 is 0 Å². The Labute approximate surface area is 128 Å². The van der Waals surface area contributed by atoms with Crippen LogP contribution in [0.2, 0.25) is 0 Å². The van der Waals surface area contributed by atoms with Gasteiger partial charge >= 0.3 is 0 Å². The Morgan fingerprint density at radius 2 is 2.00 bits per heavy atom. The predicted octanol–water partition coefficient (Wildman–Crippen LogP) is 3.58. The summed E-state index contributed by atoms with van der Waals surface area (Å²) in [6.45, 7) is 5.72. The second-order valence-electron chi connectivity index (χ2n) is 5.36. The zero-order chi connectivity index (χ0) is 15.7. The molecule has 2 heterocycles. The molecule has 0 atom stereocenters. The molecule has 0 saturated heterocycles. The molecule has 0 aliphatic carbocycles. The van der Waals surface area contributed by atoms with Gasteiger partial charge in [-0.05, 0) is 38.0 Å². The highest BCUT2D eigenvalue weighted by molar-refractivity contribution is 5.59. The summed E-state index contributed by atoms with van der Waals surface area (Å²) in [5.74, 6) is 1.80.